The molecule has 1 aliphatic rings. The van der Waals surface area contributed by atoms with Gasteiger partial charge in [0.15, 0.2) is 0 Å². The molecule has 2 aromatic rings. The van der Waals surface area contributed by atoms with Crippen molar-refractivity contribution < 1.29 is 13.2 Å². The number of hydrogen-bond acceptors (Lipinski definition) is 2. The first-order valence-corrected chi connectivity index (χ1v) is 5.78. The Hall–Kier alpha value is -1.78. The first-order chi connectivity index (χ1) is 8.55. The molecule has 0 saturated carbocycles. The number of aromatic nitrogens is 1. The number of nitrogens with zero attached hydrogens (tertiary/aromatic N) is 1. The van der Waals surface area contributed by atoms with Crippen LogP contribution in [0.1, 0.15) is 17.5 Å². The van der Waals surface area contributed by atoms with Gasteiger partial charge in [0.25, 0.3) is 0 Å². The zero-order chi connectivity index (χ0) is 12.8. The van der Waals surface area contributed by atoms with Gasteiger partial charge < -0.3 is 5.32 Å². The molecule has 0 saturated heterocycles. The van der Waals surface area contributed by atoms with E-state index < -0.39 is 11.7 Å². The second-order valence-electron chi connectivity index (χ2n) is 4.41. The molecule has 2 nitrogen and oxygen atoms in total. The van der Waals surface area contributed by atoms with Crippen LogP contribution in [0.4, 0.5) is 18.9 Å². The topological polar surface area (TPSA) is 24.9 Å². The number of halogens is 3. The number of anilines is 1. The van der Waals surface area contributed by atoms with Crippen molar-refractivity contribution in [2.75, 3.05) is 11.9 Å². The van der Waals surface area contributed by atoms with Gasteiger partial charge in [0.1, 0.15) is 0 Å². The molecule has 0 atom stereocenters. The second kappa shape index (κ2) is 3.86. The molecule has 3 rings (SSSR count). The maximum absolute atomic E-state index is 12.9. The van der Waals surface area contributed by atoms with Crippen molar-refractivity contribution in [2.45, 2.75) is 19.0 Å². The summed E-state index contributed by atoms with van der Waals surface area (Å²) in [6.45, 7) is 0.859. The maximum Gasteiger partial charge on any atom is 0.417 e. The SMILES string of the molecule is FC(F)(F)c1ccnc2cc3c(cc12)CCCN3. The molecule has 94 valence electrons. The zero-order valence-corrected chi connectivity index (χ0v) is 9.51. The third-order valence-corrected chi connectivity index (χ3v) is 3.21. The van der Waals surface area contributed by atoms with Gasteiger partial charge in [-0.2, -0.15) is 13.2 Å². The number of hydrogen-bond donors (Lipinski definition) is 1. The number of nitrogens with one attached hydrogen (secondary N) is 1. The van der Waals surface area contributed by atoms with Crippen LogP contribution in [0.5, 0.6) is 0 Å². The molecule has 0 amide bonds. The summed E-state index contributed by atoms with van der Waals surface area (Å²) in [6, 6.07) is 4.36. The molecule has 1 aliphatic heterocycles. The van der Waals surface area contributed by atoms with Crippen LogP contribution in [0.25, 0.3) is 10.9 Å². The minimum Gasteiger partial charge on any atom is -0.385 e. The Balaban J connectivity index is 2.28. The molecule has 2 heterocycles. The molecule has 1 aromatic heterocycles. The van der Waals surface area contributed by atoms with Gasteiger partial charge in [-0.25, -0.2) is 0 Å². The number of fused-ring (bicyclic) bond motifs is 2. The van der Waals surface area contributed by atoms with Gasteiger partial charge in [0, 0.05) is 23.8 Å². The molecular formula is C13H11F3N2. The Kier molecular flexibility index (Phi) is 2.43. The van der Waals surface area contributed by atoms with Crippen LogP contribution in [0.15, 0.2) is 24.4 Å². The van der Waals surface area contributed by atoms with E-state index in [2.05, 4.69) is 10.3 Å². The van der Waals surface area contributed by atoms with Gasteiger partial charge in [-0.05, 0) is 36.6 Å². The predicted molar refractivity (Wildman–Crippen MR) is 63.6 cm³/mol. The lowest BCUT2D eigenvalue weighted by Gasteiger charge is -2.19. The van der Waals surface area contributed by atoms with E-state index in [0.29, 0.717) is 5.52 Å². The quantitative estimate of drug-likeness (QED) is 0.774. The lowest BCUT2D eigenvalue weighted by molar-refractivity contribution is -0.136. The number of rotatable bonds is 0. The van der Waals surface area contributed by atoms with E-state index in [0.717, 1.165) is 36.7 Å². The van der Waals surface area contributed by atoms with Crippen molar-refractivity contribution in [3.05, 3.63) is 35.5 Å². The van der Waals surface area contributed by atoms with E-state index in [1.165, 1.54) is 6.20 Å². The van der Waals surface area contributed by atoms with Crippen molar-refractivity contribution in [2.24, 2.45) is 0 Å². The van der Waals surface area contributed by atoms with Gasteiger partial charge in [-0.15, -0.1) is 0 Å². The Labute approximate surface area is 102 Å². The summed E-state index contributed by atoms with van der Waals surface area (Å²) in [5.41, 5.74) is 1.62. The third-order valence-electron chi connectivity index (χ3n) is 3.21. The lowest BCUT2D eigenvalue weighted by Crippen LogP contribution is -2.12. The fourth-order valence-corrected chi connectivity index (χ4v) is 2.36. The fourth-order valence-electron chi connectivity index (χ4n) is 2.36. The molecule has 0 fully saturated rings. The van der Waals surface area contributed by atoms with Crippen molar-refractivity contribution in [3.8, 4) is 0 Å². The summed E-state index contributed by atoms with van der Waals surface area (Å²) in [5, 5.41) is 3.38. The average molecular weight is 252 g/mol. The van der Waals surface area contributed by atoms with E-state index in [1.54, 1.807) is 12.1 Å². The molecule has 18 heavy (non-hydrogen) atoms. The Bertz CT molecular complexity index is 605. The molecule has 5 heteroatoms. The molecule has 1 N–H and O–H groups in total. The zero-order valence-electron chi connectivity index (χ0n) is 9.51. The van der Waals surface area contributed by atoms with E-state index in [9.17, 15) is 13.2 Å². The summed E-state index contributed by atoms with van der Waals surface area (Å²) in [6.07, 6.45) is -1.37. The minimum absolute atomic E-state index is 0.187. The summed E-state index contributed by atoms with van der Waals surface area (Å²) in [5.74, 6) is 0. The molecule has 0 unspecified atom stereocenters. The van der Waals surface area contributed by atoms with Crippen LogP contribution >= 0.6 is 0 Å². The van der Waals surface area contributed by atoms with Crippen LogP contribution in [-0.4, -0.2) is 11.5 Å². The monoisotopic (exact) mass is 252 g/mol. The fraction of sp³-hybridized carbons (Fsp3) is 0.308. The highest BCUT2D eigenvalue weighted by Crippen LogP contribution is 2.36. The van der Waals surface area contributed by atoms with Crippen molar-refractivity contribution >= 4 is 16.6 Å². The van der Waals surface area contributed by atoms with Crippen LogP contribution in [0.3, 0.4) is 0 Å². The Morgan fingerprint density at radius 1 is 1.22 bits per heavy atom. The Morgan fingerprint density at radius 2 is 2.06 bits per heavy atom. The smallest absolute Gasteiger partial charge is 0.385 e. The van der Waals surface area contributed by atoms with Crippen LogP contribution in [0.2, 0.25) is 0 Å². The number of aryl methyl sites for hydroxylation is 1. The first-order valence-electron chi connectivity index (χ1n) is 5.78. The minimum atomic E-state index is -4.34. The standard InChI is InChI=1S/C13H11F3N2/c14-13(15,16)10-3-5-18-12-7-11-8(6-9(10)12)2-1-4-17-11/h3,5-7,17H,1-2,4H2. The van der Waals surface area contributed by atoms with Crippen LogP contribution in [0, 0.1) is 0 Å². The molecule has 1 aromatic carbocycles. The molecule has 0 bridgehead atoms. The number of pyridine rings is 1. The Morgan fingerprint density at radius 3 is 2.83 bits per heavy atom. The van der Waals surface area contributed by atoms with E-state index >= 15 is 0 Å². The predicted octanol–water partition coefficient (Wildman–Crippen LogP) is 3.61. The van der Waals surface area contributed by atoms with Gasteiger partial charge in [-0.1, -0.05) is 0 Å². The molecule has 0 aliphatic carbocycles. The van der Waals surface area contributed by atoms with E-state index in [1.807, 2.05) is 0 Å². The van der Waals surface area contributed by atoms with Gasteiger partial charge in [-0.3, -0.25) is 4.98 Å². The van der Waals surface area contributed by atoms with E-state index in [-0.39, 0.29) is 5.39 Å². The van der Waals surface area contributed by atoms with E-state index in [4.69, 9.17) is 0 Å². The number of alkyl halides is 3. The third kappa shape index (κ3) is 1.79. The van der Waals surface area contributed by atoms with Crippen molar-refractivity contribution in [1.29, 1.82) is 0 Å². The molecule has 0 spiro atoms. The second-order valence-corrected chi connectivity index (χ2v) is 4.41. The van der Waals surface area contributed by atoms with Gasteiger partial charge >= 0.3 is 6.18 Å². The van der Waals surface area contributed by atoms with Crippen molar-refractivity contribution in [3.63, 3.8) is 0 Å². The average Bonchev–Trinajstić information content (AvgIpc) is 2.34. The van der Waals surface area contributed by atoms with Gasteiger partial charge in [0.2, 0.25) is 0 Å². The normalized spacial score (nSPS) is 15.3. The number of benzene rings is 1. The van der Waals surface area contributed by atoms with Crippen molar-refractivity contribution in [1.82, 2.24) is 4.98 Å². The highest BCUT2D eigenvalue weighted by atomic mass is 19.4. The highest BCUT2D eigenvalue weighted by Gasteiger charge is 2.33. The molecular weight excluding hydrogens is 241 g/mol. The first kappa shape index (κ1) is 11.3. The van der Waals surface area contributed by atoms with Crippen LogP contribution < -0.4 is 5.32 Å². The highest BCUT2D eigenvalue weighted by molar-refractivity contribution is 5.87. The van der Waals surface area contributed by atoms with Gasteiger partial charge in [0.05, 0.1) is 11.1 Å². The summed E-state index contributed by atoms with van der Waals surface area (Å²) < 4.78 is 38.7. The summed E-state index contributed by atoms with van der Waals surface area (Å²) >= 11 is 0. The van der Waals surface area contributed by atoms with Crippen LogP contribution in [-0.2, 0) is 12.6 Å². The molecule has 0 radical (unpaired) electrons. The summed E-state index contributed by atoms with van der Waals surface area (Å²) in [4.78, 5) is 4.02. The lowest BCUT2D eigenvalue weighted by atomic mass is 9.98. The largest absolute Gasteiger partial charge is 0.417 e. The summed E-state index contributed by atoms with van der Waals surface area (Å²) in [7, 11) is 0. The maximum atomic E-state index is 12.9.